The molecule has 94 valence electrons. The zero-order chi connectivity index (χ0) is 13.1. The molecular formula is C13H11BrCl2N2. The van der Waals surface area contributed by atoms with Gasteiger partial charge in [0.1, 0.15) is 0 Å². The second-order valence-corrected chi connectivity index (χ2v) is 5.71. The summed E-state index contributed by atoms with van der Waals surface area (Å²) >= 11 is 15.3. The molecule has 2 nitrogen and oxygen atoms in total. The smallest absolute Gasteiger partial charge is 0.0575 e. The van der Waals surface area contributed by atoms with Crippen molar-refractivity contribution < 1.29 is 0 Å². The van der Waals surface area contributed by atoms with Crippen LogP contribution in [0.5, 0.6) is 0 Å². The summed E-state index contributed by atoms with van der Waals surface area (Å²) < 4.78 is 0.933. The molecule has 1 atom stereocenters. The van der Waals surface area contributed by atoms with Crippen LogP contribution in [0.3, 0.4) is 0 Å². The summed E-state index contributed by atoms with van der Waals surface area (Å²) in [5, 5.41) is 1.26. The van der Waals surface area contributed by atoms with Crippen molar-refractivity contribution in [2.75, 3.05) is 0 Å². The van der Waals surface area contributed by atoms with E-state index in [1.54, 1.807) is 12.3 Å². The first-order valence-electron chi connectivity index (χ1n) is 5.37. The molecule has 1 unspecified atom stereocenters. The Morgan fingerprint density at radius 3 is 2.61 bits per heavy atom. The Labute approximate surface area is 124 Å². The van der Waals surface area contributed by atoms with E-state index < -0.39 is 0 Å². The summed E-state index contributed by atoms with van der Waals surface area (Å²) in [6.45, 7) is 0. The van der Waals surface area contributed by atoms with Crippen LogP contribution in [0.25, 0.3) is 0 Å². The number of halogens is 3. The molecule has 0 radical (unpaired) electrons. The minimum Gasteiger partial charge on any atom is -0.322 e. The standard InChI is InChI=1S/C13H11BrCl2N2/c14-9-2-4-13(18-7-9)12(17)5-8-1-3-10(15)6-11(8)16/h1-4,6-7,12H,5,17H2. The van der Waals surface area contributed by atoms with Crippen LogP contribution >= 0.6 is 39.1 Å². The van der Waals surface area contributed by atoms with E-state index in [4.69, 9.17) is 28.9 Å². The van der Waals surface area contributed by atoms with Gasteiger partial charge in [-0.15, -0.1) is 0 Å². The summed E-state index contributed by atoms with van der Waals surface area (Å²) in [5.41, 5.74) is 7.92. The van der Waals surface area contributed by atoms with Crippen molar-refractivity contribution in [1.82, 2.24) is 4.98 Å². The Bertz CT molecular complexity index is 543. The second kappa shape index (κ2) is 6.02. The number of nitrogens with zero attached hydrogens (tertiary/aromatic N) is 1. The molecule has 0 fully saturated rings. The monoisotopic (exact) mass is 344 g/mol. The number of aromatic nitrogens is 1. The Morgan fingerprint density at radius 2 is 2.00 bits per heavy atom. The molecule has 2 aromatic rings. The third-order valence-electron chi connectivity index (χ3n) is 2.59. The molecule has 0 aliphatic rings. The van der Waals surface area contributed by atoms with Crippen LogP contribution < -0.4 is 5.73 Å². The Hall–Kier alpha value is -0.610. The highest BCUT2D eigenvalue weighted by atomic mass is 79.9. The molecule has 5 heteroatoms. The molecule has 0 spiro atoms. The van der Waals surface area contributed by atoms with Gasteiger partial charge in [0.2, 0.25) is 0 Å². The Balaban J connectivity index is 2.15. The summed E-state index contributed by atoms with van der Waals surface area (Å²) in [7, 11) is 0. The molecular weight excluding hydrogens is 335 g/mol. The van der Waals surface area contributed by atoms with E-state index in [0.717, 1.165) is 15.7 Å². The molecule has 0 saturated heterocycles. The van der Waals surface area contributed by atoms with Crippen molar-refractivity contribution in [3.8, 4) is 0 Å². The van der Waals surface area contributed by atoms with Gasteiger partial charge in [-0.1, -0.05) is 29.3 Å². The minimum atomic E-state index is -0.184. The van der Waals surface area contributed by atoms with E-state index in [-0.39, 0.29) is 6.04 Å². The number of hydrogen-bond acceptors (Lipinski definition) is 2. The molecule has 0 aliphatic carbocycles. The van der Waals surface area contributed by atoms with Gasteiger partial charge >= 0.3 is 0 Å². The fourth-order valence-corrected chi connectivity index (χ4v) is 2.36. The molecule has 1 heterocycles. The lowest BCUT2D eigenvalue weighted by molar-refractivity contribution is 0.696. The van der Waals surface area contributed by atoms with Gasteiger partial charge < -0.3 is 5.73 Å². The van der Waals surface area contributed by atoms with Gasteiger partial charge in [0.15, 0.2) is 0 Å². The van der Waals surface area contributed by atoms with Gasteiger partial charge in [-0.2, -0.15) is 0 Å². The van der Waals surface area contributed by atoms with Crippen LogP contribution in [0.2, 0.25) is 10.0 Å². The maximum Gasteiger partial charge on any atom is 0.0575 e. The van der Waals surface area contributed by atoms with Crippen LogP contribution in [0.1, 0.15) is 17.3 Å². The van der Waals surface area contributed by atoms with Gasteiger partial charge in [-0.25, -0.2) is 0 Å². The molecule has 1 aromatic heterocycles. The maximum absolute atomic E-state index is 6.12. The van der Waals surface area contributed by atoms with E-state index in [1.165, 1.54) is 0 Å². The number of hydrogen-bond donors (Lipinski definition) is 1. The predicted octanol–water partition coefficient (Wildman–Crippen LogP) is 4.39. The van der Waals surface area contributed by atoms with Gasteiger partial charge in [-0.05, 0) is 52.2 Å². The molecule has 1 aromatic carbocycles. The van der Waals surface area contributed by atoms with Crippen molar-refractivity contribution in [2.45, 2.75) is 12.5 Å². The van der Waals surface area contributed by atoms with Crippen LogP contribution in [0, 0.1) is 0 Å². The van der Waals surface area contributed by atoms with Crippen molar-refractivity contribution in [1.29, 1.82) is 0 Å². The van der Waals surface area contributed by atoms with Crippen molar-refractivity contribution in [3.63, 3.8) is 0 Å². The molecule has 0 bridgehead atoms. The SMILES string of the molecule is NC(Cc1ccc(Cl)cc1Cl)c1ccc(Br)cn1. The van der Waals surface area contributed by atoms with Crippen LogP contribution in [0.15, 0.2) is 41.0 Å². The number of benzene rings is 1. The number of rotatable bonds is 3. The average Bonchev–Trinajstić information content (AvgIpc) is 2.33. The first kappa shape index (κ1) is 13.8. The van der Waals surface area contributed by atoms with E-state index in [2.05, 4.69) is 20.9 Å². The summed E-state index contributed by atoms with van der Waals surface area (Å²) in [5.74, 6) is 0. The number of nitrogens with two attached hydrogens (primary N) is 1. The molecule has 0 saturated carbocycles. The maximum atomic E-state index is 6.12. The normalized spacial score (nSPS) is 12.4. The predicted molar refractivity (Wildman–Crippen MR) is 79.0 cm³/mol. The highest BCUT2D eigenvalue weighted by Gasteiger charge is 2.11. The summed E-state index contributed by atoms with van der Waals surface area (Å²) in [6.07, 6.45) is 2.36. The van der Waals surface area contributed by atoms with Gasteiger partial charge in [-0.3, -0.25) is 4.98 Å². The van der Waals surface area contributed by atoms with Crippen LogP contribution in [-0.2, 0) is 6.42 Å². The largest absolute Gasteiger partial charge is 0.322 e. The minimum absolute atomic E-state index is 0.184. The molecule has 0 aliphatic heterocycles. The zero-order valence-electron chi connectivity index (χ0n) is 9.41. The second-order valence-electron chi connectivity index (χ2n) is 3.95. The van der Waals surface area contributed by atoms with Crippen LogP contribution in [-0.4, -0.2) is 4.98 Å². The first-order valence-corrected chi connectivity index (χ1v) is 6.92. The number of pyridine rings is 1. The third kappa shape index (κ3) is 3.45. The van der Waals surface area contributed by atoms with Crippen molar-refractivity contribution in [2.24, 2.45) is 5.73 Å². The fraction of sp³-hybridized carbons (Fsp3) is 0.154. The van der Waals surface area contributed by atoms with Crippen molar-refractivity contribution >= 4 is 39.1 Å². The van der Waals surface area contributed by atoms with Gasteiger partial charge in [0.05, 0.1) is 11.7 Å². The summed E-state index contributed by atoms with van der Waals surface area (Å²) in [6, 6.07) is 9.06. The topological polar surface area (TPSA) is 38.9 Å². The van der Waals surface area contributed by atoms with E-state index in [0.29, 0.717) is 16.5 Å². The van der Waals surface area contributed by atoms with Crippen LogP contribution in [0.4, 0.5) is 0 Å². The van der Waals surface area contributed by atoms with E-state index in [9.17, 15) is 0 Å². The lowest BCUT2D eigenvalue weighted by Crippen LogP contribution is -2.15. The molecule has 2 N–H and O–H groups in total. The highest BCUT2D eigenvalue weighted by molar-refractivity contribution is 9.10. The highest BCUT2D eigenvalue weighted by Crippen LogP contribution is 2.25. The average molecular weight is 346 g/mol. The third-order valence-corrected chi connectivity index (χ3v) is 3.64. The zero-order valence-corrected chi connectivity index (χ0v) is 12.5. The quantitative estimate of drug-likeness (QED) is 0.895. The van der Waals surface area contributed by atoms with Gasteiger partial charge in [0, 0.05) is 20.7 Å². The van der Waals surface area contributed by atoms with Gasteiger partial charge in [0.25, 0.3) is 0 Å². The Morgan fingerprint density at radius 1 is 1.22 bits per heavy atom. The molecule has 18 heavy (non-hydrogen) atoms. The fourth-order valence-electron chi connectivity index (χ4n) is 1.64. The molecule has 0 amide bonds. The van der Waals surface area contributed by atoms with E-state index in [1.807, 2.05) is 24.3 Å². The van der Waals surface area contributed by atoms with E-state index >= 15 is 0 Å². The first-order chi connectivity index (χ1) is 8.56. The lowest BCUT2D eigenvalue weighted by Gasteiger charge is -2.12. The molecule has 2 rings (SSSR count). The lowest BCUT2D eigenvalue weighted by atomic mass is 10.0. The summed E-state index contributed by atoms with van der Waals surface area (Å²) in [4.78, 5) is 4.28. The van der Waals surface area contributed by atoms with Crippen molar-refractivity contribution in [3.05, 3.63) is 62.3 Å². The Kier molecular flexibility index (Phi) is 4.62.